The minimum Gasteiger partial charge on any atom is -0.595 e. The van der Waals surface area contributed by atoms with Crippen molar-refractivity contribution in [3.63, 3.8) is 0 Å². The first kappa shape index (κ1) is 22.1. The average Bonchev–Trinajstić information content (AvgIpc) is 3.42. The van der Waals surface area contributed by atoms with E-state index >= 15 is 0 Å². The van der Waals surface area contributed by atoms with Crippen LogP contribution < -0.4 is 5.23 Å². The summed E-state index contributed by atoms with van der Waals surface area (Å²) in [5.74, 6) is 3.45. The largest absolute Gasteiger partial charge is 0.595 e. The van der Waals surface area contributed by atoms with Gasteiger partial charge in [0.15, 0.2) is 5.69 Å². The number of aromatic nitrogens is 2. The summed E-state index contributed by atoms with van der Waals surface area (Å²) in [5.41, 5.74) is 2.42. The number of hydrogen-bond donors (Lipinski definition) is 2. The second-order valence-corrected chi connectivity index (χ2v) is 9.51. The Morgan fingerprint density at radius 3 is 2.55 bits per heavy atom. The van der Waals surface area contributed by atoms with Gasteiger partial charge in [-0.3, -0.25) is 0 Å². The fraction of sp³-hybridized carbons (Fsp3) is 0.583. The molecule has 31 heavy (non-hydrogen) atoms. The summed E-state index contributed by atoms with van der Waals surface area (Å²) in [6.45, 7) is 10.6. The van der Waals surface area contributed by atoms with Gasteiger partial charge in [-0.1, -0.05) is 25.5 Å². The van der Waals surface area contributed by atoms with Gasteiger partial charge in [0.25, 0.3) is 0 Å². The molecule has 7 heteroatoms. The Morgan fingerprint density at radius 2 is 1.90 bits per heavy atom. The van der Waals surface area contributed by atoms with E-state index in [0.717, 1.165) is 18.4 Å². The molecule has 168 valence electrons. The molecule has 2 heterocycles. The highest BCUT2D eigenvalue weighted by molar-refractivity contribution is 5.55. The van der Waals surface area contributed by atoms with E-state index in [9.17, 15) is 5.21 Å². The molecule has 7 nitrogen and oxygen atoms in total. The van der Waals surface area contributed by atoms with Crippen LogP contribution in [-0.4, -0.2) is 39.9 Å². The van der Waals surface area contributed by atoms with E-state index in [-0.39, 0.29) is 5.69 Å². The van der Waals surface area contributed by atoms with Gasteiger partial charge in [-0.15, -0.1) is 10.2 Å². The van der Waals surface area contributed by atoms with Crippen molar-refractivity contribution in [2.24, 2.45) is 23.7 Å². The van der Waals surface area contributed by atoms with Gasteiger partial charge in [0, 0.05) is 30.7 Å². The lowest BCUT2D eigenvalue weighted by atomic mass is 9.69. The van der Waals surface area contributed by atoms with E-state index in [4.69, 9.17) is 9.62 Å². The van der Waals surface area contributed by atoms with Crippen molar-refractivity contribution in [2.45, 2.75) is 46.5 Å². The van der Waals surface area contributed by atoms with Crippen LogP contribution in [0, 0.1) is 28.9 Å². The van der Waals surface area contributed by atoms with Crippen molar-refractivity contribution in [1.29, 1.82) is 0 Å². The monoisotopic (exact) mass is 426 g/mol. The molecular formula is C24H34N4O3. The number of quaternary nitrogens is 1. The summed E-state index contributed by atoms with van der Waals surface area (Å²) >= 11 is 0. The summed E-state index contributed by atoms with van der Waals surface area (Å²) < 4.78 is 5.95. The third-order valence-corrected chi connectivity index (χ3v) is 7.02. The maximum Gasteiger partial charge on any atom is 0.247 e. The third kappa shape index (κ3) is 5.23. The topological polar surface area (TPSA) is 89.9 Å². The summed E-state index contributed by atoms with van der Waals surface area (Å²) in [4.78, 5) is 2.63. The molecule has 1 aliphatic heterocycles. The maximum atomic E-state index is 11.0. The summed E-state index contributed by atoms with van der Waals surface area (Å²) in [7, 11) is 0. The SMILES string of the molecule is CC1=CC(CN2CCCC2)C(C(C)C)CC1Cc1nnc(-c2ccc([NH+]([O-])O)cc2)o1. The Labute approximate surface area is 184 Å². The van der Waals surface area contributed by atoms with Gasteiger partial charge in [0.05, 0.1) is 0 Å². The van der Waals surface area contributed by atoms with Crippen molar-refractivity contribution in [1.82, 2.24) is 15.1 Å². The van der Waals surface area contributed by atoms with E-state index in [0.29, 0.717) is 35.5 Å². The minimum absolute atomic E-state index is 0.245. The number of allylic oxidation sites excluding steroid dienone is 1. The summed E-state index contributed by atoms with van der Waals surface area (Å²) in [6.07, 6.45) is 7.09. The number of hydrogen-bond acceptors (Lipinski definition) is 6. The van der Waals surface area contributed by atoms with Crippen LogP contribution in [0.1, 0.15) is 45.9 Å². The molecular weight excluding hydrogens is 392 g/mol. The number of benzene rings is 1. The molecule has 2 N–H and O–H groups in total. The van der Waals surface area contributed by atoms with Crippen molar-refractivity contribution >= 4 is 5.69 Å². The van der Waals surface area contributed by atoms with Crippen LogP contribution in [0.25, 0.3) is 11.5 Å². The molecule has 0 amide bonds. The highest BCUT2D eigenvalue weighted by Crippen LogP contribution is 2.39. The van der Waals surface area contributed by atoms with Crippen LogP contribution in [-0.2, 0) is 6.42 Å². The van der Waals surface area contributed by atoms with Crippen LogP contribution in [0.5, 0.6) is 0 Å². The third-order valence-electron chi connectivity index (χ3n) is 7.02. The molecule has 2 aromatic rings. The zero-order valence-corrected chi connectivity index (χ0v) is 18.8. The van der Waals surface area contributed by atoms with Crippen LogP contribution >= 0.6 is 0 Å². The quantitative estimate of drug-likeness (QED) is 0.519. The van der Waals surface area contributed by atoms with E-state index in [1.807, 2.05) is 0 Å². The van der Waals surface area contributed by atoms with Gasteiger partial charge in [0.2, 0.25) is 11.8 Å². The highest BCUT2D eigenvalue weighted by atomic mass is 16.8. The average molecular weight is 427 g/mol. The van der Waals surface area contributed by atoms with Gasteiger partial charge in [-0.05, 0) is 75.1 Å². The first-order valence-corrected chi connectivity index (χ1v) is 11.5. The predicted octanol–water partition coefficient (Wildman–Crippen LogP) is 3.63. The van der Waals surface area contributed by atoms with Gasteiger partial charge in [0.1, 0.15) is 0 Å². The number of rotatable bonds is 7. The maximum absolute atomic E-state index is 11.0. The molecule has 0 bridgehead atoms. The molecule has 4 atom stereocenters. The van der Waals surface area contributed by atoms with E-state index < -0.39 is 5.23 Å². The lowest BCUT2D eigenvalue weighted by molar-refractivity contribution is -0.991. The number of nitrogens with one attached hydrogen (secondary N) is 1. The Hall–Kier alpha value is -2.06. The molecule has 1 fully saturated rings. The van der Waals surface area contributed by atoms with Crippen LogP contribution in [0.4, 0.5) is 5.69 Å². The van der Waals surface area contributed by atoms with Crippen LogP contribution in [0.15, 0.2) is 40.3 Å². The molecule has 4 unspecified atom stereocenters. The smallest absolute Gasteiger partial charge is 0.247 e. The zero-order chi connectivity index (χ0) is 22.0. The van der Waals surface area contributed by atoms with E-state index in [2.05, 4.69) is 41.9 Å². The molecule has 1 saturated heterocycles. The van der Waals surface area contributed by atoms with Gasteiger partial charge in [-0.2, -0.15) is 5.23 Å². The van der Waals surface area contributed by atoms with Crippen molar-refractivity contribution < 1.29 is 14.9 Å². The Kier molecular flexibility index (Phi) is 6.86. The van der Waals surface area contributed by atoms with Crippen molar-refractivity contribution in [3.8, 4) is 11.5 Å². The second kappa shape index (κ2) is 9.61. The lowest BCUT2D eigenvalue weighted by Crippen LogP contribution is -2.99. The van der Waals surface area contributed by atoms with Crippen molar-refractivity contribution in [3.05, 3.63) is 47.0 Å². The normalized spacial score (nSPS) is 25.7. The lowest BCUT2D eigenvalue weighted by Gasteiger charge is -2.38. The molecule has 1 aromatic heterocycles. The Balaban J connectivity index is 1.45. The molecule has 1 aliphatic carbocycles. The van der Waals surface area contributed by atoms with Crippen LogP contribution in [0.3, 0.4) is 0 Å². The Bertz CT molecular complexity index is 884. The molecule has 0 spiro atoms. The fourth-order valence-corrected chi connectivity index (χ4v) is 5.17. The number of nitrogens with zero attached hydrogens (tertiary/aromatic N) is 3. The second-order valence-electron chi connectivity index (χ2n) is 9.51. The first-order valence-electron chi connectivity index (χ1n) is 11.5. The number of likely N-dealkylation sites (tertiary alicyclic amines) is 1. The highest BCUT2D eigenvalue weighted by Gasteiger charge is 2.33. The summed E-state index contributed by atoms with van der Waals surface area (Å²) in [5, 5.41) is 27.6. The summed E-state index contributed by atoms with van der Waals surface area (Å²) in [6, 6.07) is 6.54. The van der Waals surface area contributed by atoms with Crippen molar-refractivity contribution in [2.75, 3.05) is 19.6 Å². The van der Waals surface area contributed by atoms with Gasteiger partial charge >= 0.3 is 0 Å². The first-order chi connectivity index (χ1) is 14.9. The van der Waals surface area contributed by atoms with Gasteiger partial charge < -0.3 is 14.5 Å². The van der Waals surface area contributed by atoms with Crippen LogP contribution in [0.2, 0.25) is 0 Å². The molecule has 0 radical (unpaired) electrons. The molecule has 0 saturated carbocycles. The van der Waals surface area contributed by atoms with E-state index in [1.54, 1.807) is 24.3 Å². The van der Waals surface area contributed by atoms with Gasteiger partial charge in [-0.25, -0.2) is 5.21 Å². The predicted molar refractivity (Wildman–Crippen MR) is 119 cm³/mol. The molecule has 1 aromatic carbocycles. The minimum atomic E-state index is -0.944. The standard InChI is InChI=1S/C24H34N4O3/c1-16(2)22-13-19(17(3)12-20(22)15-27-10-4-5-11-27)14-23-25-26-24(31-23)18-6-8-21(9-7-18)28(29)30/h6-9,12,16,19-20,22,28-29H,4-5,10-11,13-15H2,1-3H3. The fourth-order valence-electron chi connectivity index (χ4n) is 5.17. The Morgan fingerprint density at radius 1 is 1.19 bits per heavy atom. The zero-order valence-electron chi connectivity index (χ0n) is 18.8. The molecule has 2 aliphatic rings. The molecule has 4 rings (SSSR count). The van der Waals surface area contributed by atoms with E-state index in [1.165, 1.54) is 38.0 Å².